The van der Waals surface area contributed by atoms with Gasteiger partial charge in [0.25, 0.3) is 11.8 Å². The molecule has 2 atom stereocenters. The van der Waals surface area contributed by atoms with Crippen molar-refractivity contribution in [1.82, 2.24) is 15.5 Å². The number of hydrogen-bond donors (Lipinski definition) is 2. The highest BCUT2D eigenvalue weighted by Gasteiger charge is 2.69. The molecule has 202 valence electrons. The first-order valence-electron chi connectivity index (χ1n) is 12.9. The lowest BCUT2D eigenvalue weighted by molar-refractivity contribution is -0.133. The Hall–Kier alpha value is -3.75. The summed E-state index contributed by atoms with van der Waals surface area (Å²) in [6.45, 7) is 9.35. The van der Waals surface area contributed by atoms with Crippen LogP contribution in [0.5, 0.6) is 17.2 Å². The Morgan fingerprint density at radius 2 is 1.74 bits per heavy atom. The number of nitrogens with zero attached hydrogens (tertiary/aromatic N) is 1. The molecule has 1 aliphatic carbocycles. The molecule has 3 heterocycles. The predicted octanol–water partition coefficient (Wildman–Crippen LogP) is 2.77. The Kier molecular flexibility index (Phi) is 6.49. The van der Waals surface area contributed by atoms with E-state index < -0.39 is 12.1 Å². The fourth-order valence-electron chi connectivity index (χ4n) is 5.65. The van der Waals surface area contributed by atoms with E-state index in [4.69, 9.17) is 14.2 Å². The quantitative estimate of drug-likeness (QED) is 0.630. The van der Waals surface area contributed by atoms with Crippen LogP contribution in [0.4, 0.5) is 0 Å². The van der Waals surface area contributed by atoms with Gasteiger partial charge in [-0.3, -0.25) is 14.4 Å². The Labute approximate surface area is 222 Å². The SMILES string of the molecule is COc1ccc2cc1OCC(=O)NCc1ccc(cc1)O[C@H]1CN(C(=O)C3C(C)(C)C3(C)C)C[C@@H]1NC2=O. The van der Waals surface area contributed by atoms with Gasteiger partial charge in [-0.1, -0.05) is 39.8 Å². The number of rotatable bonds is 2. The summed E-state index contributed by atoms with van der Waals surface area (Å²) in [5, 5.41) is 5.89. The second-order valence-corrected chi connectivity index (χ2v) is 11.4. The summed E-state index contributed by atoms with van der Waals surface area (Å²) in [7, 11) is 1.50. The third kappa shape index (κ3) is 4.66. The lowest BCUT2D eigenvalue weighted by Gasteiger charge is -2.21. The predicted molar refractivity (Wildman–Crippen MR) is 140 cm³/mol. The molecule has 0 radical (unpaired) electrons. The van der Waals surface area contributed by atoms with Crippen molar-refractivity contribution in [2.45, 2.75) is 46.4 Å². The molecule has 1 saturated carbocycles. The molecule has 4 aliphatic rings. The Morgan fingerprint density at radius 3 is 2.39 bits per heavy atom. The van der Waals surface area contributed by atoms with Crippen LogP contribution in [-0.4, -0.2) is 61.6 Å². The monoisotopic (exact) mass is 521 g/mol. The van der Waals surface area contributed by atoms with Crippen molar-refractivity contribution in [3.63, 3.8) is 0 Å². The van der Waals surface area contributed by atoms with Crippen LogP contribution in [0.15, 0.2) is 42.5 Å². The van der Waals surface area contributed by atoms with Gasteiger partial charge in [-0.15, -0.1) is 0 Å². The van der Waals surface area contributed by atoms with E-state index in [0.717, 1.165) is 5.56 Å². The van der Waals surface area contributed by atoms with Crippen LogP contribution in [0.3, 0.4) is 0 Å². The Morgan fingerprint density at radius 1 is 1.03 bits per heavy atom. The average Bonchev–Trinajstić information content (AvgIpc) is 3.12. The van der Waals surface area contributed by atoms with Crippen molar-refractivity contribution >= 4 is 17.7 Å². The molecule has 6 rings (SSSR count). The number of ether oxygens (including phenoxy) is 3. The number of likely N-dealkylation sites (tertiary alicyclic amines) is 1. The zero-order chi connectivity index (χ0) is 27.2. The number of fused-ring (bicyclic) bond motifs is 7. The van der Waals surface area contributed by atoms with Crippen molar-refractivity contribution in [3.8, 4) is 17.2 Å². The van der Waals surface area contributed by atoms with Gasteiger partial charge < -0.3 is 29.7 Å². The van der Waals surface area contributed by atoms with E-state index in [-0.39, 0.29) is 46.8 Å². The third-order valence-electron chi connectivity index (χ3n) is 8.65. The Balaban J connectivity index is 1.43. The van der Waals surface area contributed by atoms with Gasteiger partial charge >= 0.3 is 0 Å². The molecule has 0 spiro atoms. The van der Waals surface area contributed by atoms with Gasteiger partial charge in [0.15, 0.2) is 18.1 Å². The molecular weight excluding hydrogens is 486 g/mol. The number of nitrogens with one attached hydrogen (secondary N) is 2. The maximum atomic E-state index is 13.5. The molecule has 2 aromatic rings. The van der Waals surface area contributed by atoms with E-state index in [2.05, 4.69) is 38.3 Å². The van der Waals surface area contributed by atoms with Gasteiger partial charge in [0, 0.05) is 24.6 Å². The van der Waals surface area contributed by atoms with Gasteiger partial charge in [0.05, 0.1) is 19.7 Å². The van der Waals surface area contributed by atoms with E-state index in [0.29, 0.717) is 36.7 Å². The zero-order valence-corrected chi connectivity index (χ0v) is 22.5. The molecular formula is C29H35N3O6. The lowest BCUT2D eigenvalue weighted by atomic mass is 10.0. The first kappa shape index (κ1) is 25.9. The Bertz CT molecular complexity index is 1240. The van der Waals surface area contributed by atoms with Crippen LogP contribution in [0.2, 0.25) is 0 Å². The molecule has 0 aromatic heterocycles. The lowest BCUT2D eigenvalue weighted by Crippen LogP contribution is -2.45. The molecule has 4 bridgehead atoms. The van der Waals surface area contributed by atoms with Crippen LogP contribution >= 0.6 is 0 Å². The number of hydrogen-bond acceptors (Lipinski definition) is 6. The van der Waals surface area contributed by atoms with E-state index >= 15 is 0 Å². The maximum absolute atomic E-state index is 13.5. The standard InChI is InChI=1S/C29H35N3O6/c1-28(2)25(29(28,3)4)27(35)32-14-20-23(15-32)38-19-9-6-17(7-10-19)13-30-24(33)16-37-22-12-18(26(34)31-20)8-11-21(22)36-5/h6-12,20,23,25H,13-16H2,1-5H3,(H,30,33)(H,31,34)/t20-,23-/m0/s1. The summed E-state index contributed by atoms with van der Waals surface area (Å²) in [5.41, 5.74) is 1.08. The second-order valence-electron chi connectivity index (χ2n) is 11.4. The number of amides is 3. The van der Waals surface area contributed by atoms with Crippen molar-refractivity contribution in [2.75, 3.05) is 26.8 Å². The van der Waals surface area contributed by atoms with Crippen LogP contribution in [0.1, 0.15) is 43.6 Å². The largest absolute Gasteiger partial charge is 0.493 e. The van der Waals surface area contributed by atoms with Crippen molar-refractivity contribution in [2.24, 2.45) is 16.7 Å². The van der Waals surface area contributed by atoms with Gasteiger partial charge in [-0.25, -0.2) is 0 Å². The molecule has 3 aliphatic heterocycles. The van der Waals surface area contributed by atoms with E-state index in [1.54, 1.807) is 18.2 Å². The minimum Gasteiger partial charge on any atom is -0.493 e. The maximum Gasteiger partial charge on any atom is 0.258 e. The molecule has 2 N–H and O–H groups in total. The fraction of sp³-hybridized carbons (Fsp3) is 0.483. The van der Waals surface area contributed by atoms with Crippen LogP contribution in [0, 0.1) is 16.7 Å². The topological polar surface area (TPSA) is 106 Å². The van der Waals surface area contributed by atoms with E-state index in [1.807, 2.05) is 29.2 Å². The first-order chi connectivity index (χ1) is 18.0. The first-order valence-corrected chi connectivity index (χ1v) is 12.9. The average molecular weight is 522 g/mol. The second kappa shape index (κ2) is 9.53. The molecule has 2 fully saturated rings. The van der Waals surface area contributed by atoms with Crippen molar-refractivity contribution in [3.05, 3.63) is 53.6 Å². The molecule has 1 saturated heterocycles. The van der Waals surface area contributed by atoms with Crippen LogP contribution in [0.25, 0.3) is 0 Å². The number of methoxy groups -OCH3 is 1. The highest BCUT2D eigenvalue weighted by molar-refractivity contribution is 5.95. The summed E-state index contributed by atoms with van der Waals surface area (Å²) in [6, 6.07) is 11.8. The molecule has 0 unspecified atom stereocenters. The summed E-state index contributed by atoms with van der Waals surface area (Å²) < 4.78 is 17.4. The highest BCUT2D eigenvalue weighted by Crippen LogP contribution is 2.68. The number of benzene rings is 2. The number of carbonyl (C=O) groups excluding carboxylic acids is 3. The smallest absolute Gasteiger partial charge is 0.258 e. The summed E-state index contributed by atoms with van der Waals surface area (Å²) in [6.07, 6.45) is -0.428. The summed E-state index contributed by atoms with van der Waals surface area (Å²) >= 11 is 0. The molecule has 3 amide bonds. The fourth-order valence-corrected chi connectivity index (χ4v) is 5.65. The highest BCUT2D eigenvalue weighted by atomic mass is 16.5. The molecule has 2 aromatic carbocycles. The minimum atomic E-state index is -0.428. The minimum absolute atomic E-state index is 0.0774. The summed E-state index contributed by atoms with van der Waals surface area (Å²) in [4.78, 5) is 41.0. The molecule has 9 nitrogen and oxygen atoms in total. The molecule has 38 heavy (non-hydrogen) atoms. The van der Waals surface area contributed by atoms with Crippen molar-refractivity contribution < 1.29 is 28.6 Å². The third-order valence-corrected chi connectivity index (χ3v) is 8.65. The van der Waals surface area contributed by atoms with E-state index in [1.165, 1.54) is 7.11 Å². The molecule has 9 heteroatoms. The normalized spacial score (nSPS) is 24.3. The van der Waals surface area contributed by atoms with Gasteiger partial charge in [0.2, 0.25) is 5.91 Å². The zero-order valence-electron chi connectivity index (χ0n) is 22.5. The van der Waals surface area contributed by atoms with Gasteiger partial charge in [-0.05, 0) is 46.7 Å². The summed E-state index contributed by atoms with van der Waals surface area (Å²) in [5.74, 6) is 0.721. The van der Waals surface area contributed by atoms with Gasteiger partial charge in [-0.2, -0.15) is 0 Å². The van der Waals surface area contributed by atoms with E-state index in [9.17, 15) is 14.4 Å². The van der Waals surface area contributed by atoms with Crippen LogP contribution in [-0.2, 0) is 16.1 Å². The van der Waals surface area contributed by atoms with Crippen molar-refractivity contribution in [1.29, 1.82) is 0 Å². The van der Waals surface area contributed by atoms with Crippen LogP contribution < -0.4 is 24.8 Å². The van der Waals surface area contributed by atoms with Gasteiger partial charge in [0.1, 0.15) is 11.9 Å². The number of carbonyl (C=O) groups is 3.